The first-order valence-corrected chi connectivity index (χ1v) is 6.95. The van der Waals surface area contributed by atoms with Gasteiger partial charge < -0.3 is 10.6 Å². The molecule has 19 heavy (non-hydrogen) atoms. The van der Waals surface area contributed by atoms with Crippen LogP contribution in [0, 0.1) is 13.8 Å². The number of aryl methyl sites for hydroxylation is 2. The molecule has 0 atom stereocenters. The predicted molar refractivity (Wildman–Crippen MR) is 79.7 cm³/mol. The molecule has 1 aromatic carbocycles. The molecule has 0 aliphatic carbocycles. The van der Waals surface area contributed by atoms with E-state index in [0.29, 0.717) is 6.54 Å². The highest BCUT2D eigenvalue weighted by molar-refractivity contribution is 7.09. The third-order valence-electron chi connectivity index (χ3n) is 2.69. The number of nitrogens with one attached hydrogen (secondary N) is 2. The second-order valence-corrected chi connectivity index (χ2v) is 5.48. The van der Waals surface area contributed by atoms with E-state index in [1.54, 1.807) is 11.3 Å². The molecule has 100 valence electrons. The van der Waals surface area contributed by atoms with Crippen LogP contribution in [0.2, 0.25) is 0 Å². The van der Waals surface area contributed by atoms with Gasteiger partial charge in [-0.05, 0) is 31.5 Å². The van der Waals surface area contributed by atoms with Crippen molar-refractivity contribution in [1.82, 2.24) is 4.98 Å². The Kier molecular flexibility index (Phi) is 4.16. The fraction of sp³-hybridized carbons (Fsp3) is 0.286. The Hall–Kier alpha value is -1.88. The smallest absolute Gasteiger partial charge is 0.221 e. The predicted octanol–water partition coefficient (Wildman–Crippen LogP) is 3.33. The third kappa shape index (κ3) is 3.79. The van der Waals surface area contributed by atoms with Gasteiger partial charge in [-0.1, -0.05) is 6.07 Å². The molecule has 0 saturated heterocycles. The van der Waals surface area contributed by atoms with Crippen LogP contribution in [0.3, 0.4) is 0 Å². The van der Waals surface area contributed by atoms with E-state index in [2.05, 4.69) is 15.6 Å². The topological polar surface area (TPSA) is 54.0 Å². The van der Waals surface area contributed by atoms with Gasteiger partial charge in [0.15, 0.2) is 0 Å². The molecule has 0 bridgehead atoms. The third-order valence-corrected chi connectivity index (χ3v) is 3.51. The summed E-state index contributed by atoms with van der Waals surface area (Å²) in [7, 11) is 0. The summed E-state index contributed by atoms with van der Waals surface area (Å²) in [5.74, 6) is -0.0598. The summed E-state index contributed by atoms with van der Waals surface area (Å²) in [6, 6.07) is 5.93. The molecule has 0 fully saturated rings. The van der Waals surface area contributed by atoms with E-state index in [0.717, 1.165) is 27.6 Å². The summed E-state index contributed by atoms with van der Waals surface area (Å²) in [5, 5.41) is 9.25. The summed E-state index contributed by atoms with van der Waals surface area (Å²) in [6.07, 6.45) is 0. The van der Waals surface area contributed by atoms with E-state index in [1.165, 1.54) is 6.92 Å². The molecule has 0 radical (unpaired) electrons. The minimum atomic E-state index is -0.0598. The fourth-order valence-electron chi connectivity index (χ4n) is 1.74. The molecule has 1 aromatic heterocycles. The Labute approximate surface area is 116 Å². The quantitative estimate of drug-likeness (QED) is 0.900. The average Bonchev–Trinajstić information content (AvgIpc) is 2.75. The number of amides is 1. The number of anilines is 2. The summed E-state index contributed by atoms with van der Waals surface area (Å²) in [5.41, 5.74) is 3.89. The van der Waals surface area contributed by atoms with Gasteiger partial charge in [0.25, 0.3) is 0 Å². The normalized spacial score (nSPS) is 10.3. The Morgan fingerprint density at radius 3 is 2.79 bits per heavy atom. The monoisotopic (exact) mass is 275 g/mol. The molecule has 0 saturated carbocycles. The van der Waals surface area contributed by atoms with E-state index in [4.69, 9.17) is 0 Å². The first-order valence-electron chi connectivity index (χ1n) is 6.07. The Morgan fingerprint density at radius 1 is 1.37 bits per heavy atom. The molecule has 1 heterocycles. The average molecular weight is 275 g/mol. The lowest BCUT2D eigenvalue weighted by Gasteiger charge is -2.10. The zero-order chi connectivity index (χ0) is 13.8. The van der Waals surface area contributed by atoms with Crippen LogP contribution >= 0.6 is 11.3 Å². The van der Waals surface area contributed by atoms with Crippen molar-refractivity contribution in [3.05, 3.63) is 39.8 Å². The largest absolute Gasteiger partial charge is 0.379 e. The van der Waals surface area contributed by atoms with Gasteiger partial charge in [0.1, 0.15) is 0 Å². The zero-order valence-corrected chi connectivity index (χ0v) is 12.1. The van der Waals surface area contributed by atoms with Gasteiger partial charge in [-0.2, -0.15) is 0 Å². The van der Waals surface area contributed by atoms with Gasteiger partial charge in [-0.3, -0.25) is 4.79 Å². The van der Waals surface area contributed by atoms with Gasteiger partial charge in [-0.25, -0.2) is 4.98 Å². The van der Waals surface area contributed by atoms with Crippen LogP contribution in [-0.4, -0.2) is 10.9 Å². The van der Waals surface area contributed by atoms with Gasteiger partial charge in [0.2, 0.25) is 5.91 Å². The van der Waals surface area contributed by atoms with Crippen molar-refractivity contribution in [2.45, 2.75) is 27.3 Å². The SMILES string of the molecule is CC(=O)Nc1cc(NCc2csc(C)n2)ccc1C. The molecule has 5 heteroatoms. The number of benzene rings is 1. The van der Waals surface area contributed by atoms with Crippen molar-refractivity contribution in [2.75, 3.05) is 10.6 Å². The van der Waals surface area contributed by atoms with E-state index in [-0.39, 0.29) is 5.91 Å². The maximum absolute atomic E-state index is 11.1. The number of hydrogen-bond acceptors (Lipinski definition) is 4. The molecule has 2 N–H and O–H groups in total. The van der Waals surface area contributed by atoms with Crippen LogP contribution in [0.15, 0.2) is 23.6 Å². The first kappa shape index (κ1) is 13.5. The van der Waals surface area contributed by atoms with Crippen LogP contribution in [0.4, 0.5) is 11.4 Å². The van der Waals surface area contributed by atoms with Gasteiger partial charge in [0, 0.05) is 23.7 Å². The molecule has 2 rings (SSSR count). The molecule has 0 aliphatic rings. The maximum Gasteiger partial charge on any atom is 0.221 e. The van der Waals surface area contributed by atoms with Crippen LogP contribution < -0.4 is 10.6 Å². The molecule has 0 spiro atoms. The number of carbonyl (C=O) groups excluding carboxylic acids is 1. The van der Waals surface area contributed by atoms with Crippen molar-refractivity contribution >= 4 is 28.6 Å². The molecular weight excluding hydrogens is 258 g/mol. The highest BCUT2D eigenvalue weighted by atomic mass is 32.1. The van der Waals surface area contributed by atoms with E-state index < -0.39 is 0 Å². The molecule has 0 unspecified atom stereocenters. The molecule has 4 nitrogen and oxygen atoms in total. The van der Waals surface area contributed by atoms with E-state index in [9.17, 15) is 4.79 Å². The second-order valence-electron chi connectivity index (χ2n) is 4.42. The van der Waals surface area contributed by atoms with Crippen molar-refractivity contribution in [3.63, 3.8) is 0 Å². The summed E-state index contributed by atoms with van der Waals surface area (Å²) in [4.78, 5) is 15.5. The van der Waals surface area contributed by atoms with Crippen molar-refractivity contribution in [1.29, 1.82) is 0 Å². The summed E-state index contributed by atoms with van der Waals surface area (Å²) < 4.78 is 0. The lowest BCUT2D eigenvalue weighted by Crippen LogP contribution is -2.08. The fourth-order valence-corrected chi connectivity index (χ4v) is 2.35. The van der Waals surface area contributed by atoms with Crippen molar-refractivity contribution in [3.8, 4) is 0 Å². The summed E-state index contributed by atoms with van der Waals surface area (Å²) in [6.45, 7) is 6.16. The van der Waals surface area contributed by atoms with Crippen LogP contribution in [0.1, 0.15) is 23.2 Å². The Balaban J connectivity index is 2.06. The van der Waals surface area contributed by atoms with Crippen molar-refractivity contribution < 1.29 is 4.79 Å². The van der Waals surface area contributed by atoms with Crippen LogP contribution in [0.5, 0.6) is 0 Å². The van der Waals surface area contributed by atoms with E-state index >= 15 is 0 Å². The number of rotatable bonds is 4. The van der Waals surface area contributed by atoms with Crippen LogP contribution in [-0.2, 0) is 11.3 Å². The number of nitrogens with zero attached hydrogens (tertiary/aromatic N) is 1. The van der Waals surface area contributed by atoms with E-state index in [1.807, 2.05) is 37.4 Å². The van der Waals surface area contributed by atoms with Crippen LogP contribution in [0.25, 0.3) is 0 Å². The summed E-state index contributed by atoms with van der Waals surface area (Å²) >= 11 is 1.65. The molecule has 1 amide bonds. The number of aromatic nitrogens is 1. The van der Waals surface area contributed by atoms with Gasteiger partial charge >= 0.3 is 0 Å². The molecule has 0 aliphatic heterocycles. The minimum absolute atomic E-state index is 0.0598. The first-order chi connectivity index (χ1) is 9.04. The number of carbonyl (C=O) groups is 1. The number of hydrogen-bond donors (Lipinski definition) is 2. The standard InChI is InChI=1S/C14H17N3OS/c1-9-4-5-12(6-14(9)16-10(2)18)15-7-13-8-19-11(3)17-13/h4-6,8,15H,7H2,1-3H3,(H,16,18). The zero-order valence-electron chi connectivity index (χ0n) is 11.3. The highest BCUT2D eigenvalue weighted by Crippen LogP contribution is 2.21. The maximum atomic E-state index is 11.1. The highest BCUT2D eigenvalue weighted by Gasteiger charge is 2.03. The lowest BCUT2D eigenvalue weighted by molar-refractivity contribution is -0.114. The Morgan fingerprint density at radius 2 is 2.16 bits per heavy atom. The minimum Gasteiger partial charge on any atom is -0.379 e. The lowest BCUT2D eigenvalue weighted by atomic mass is 10.1. The molecular formula is C14H17N3OS. The van der Waals surface area contributed by atoms with Gasteiger partial charge in [-0.15, -0.1) is 11.3 Å². The number of thiazole rings is 1. The second kappa shape index (κ2) is 5.84. The van der Waals surface area contributed by atoms with Gasteiger partial charge in [0.05, 0.1) is 17.2 Å². The van der Waals surface area contributed by atoms with Crippen molar-refractivity contribution in [2.24, 2.45) is 0 Å². The molecule has 2 aromatic rings. The Bertz CT molecular complexity index is 592.